The number of anilines is 1. The maximum atomic E-state index is 12.7. The Hall–Kier alpha value is -2.86. The quantitative estimate of drug-likeness (QED) is 0.715. The normalized spacial score (nSPS) is 16.9. The van der Waals surface area contributed by atoms with Crippen LogP contribution in [0.4, 0.5) is 5.69 Å². The summed E-state index contributed by atoms with van der Waals surface area (Å²) >= 11 is 5.89. The molecular formula is C21H20ClN3O3. The van der Waals surface area contributed by atoms with Crippen LogP contribution < -0.4 is 5.32 Å². The molecule has 2 aromatic carbocycles. The van der Waals surface area contributed by atoms with Crippen LogP contribution in [0.5, 0.6) is 0 Å². The topological polar surface area (TPSA) is 75.4 Å². The van der Waals surface area contributed by atoms with Gasteiger partial charge in [0.25, 0.3) is 5.91 Å². The number of rotatable bonds is 3. The van der Waals surface area contributed by atoms with Gasteiger partial charge in [-0.1, -0.05) is 11.6 Å². The zero-order valence-corrected chi connectivity index (χ0v) is 16.2. The number of piperidine rings is 1. The van der Waals surface area contributed by atoms with Crippen LogP contribution in [0.3, 0.4) is 0 Å². The molecule has 1 N–H and O–H groups in total. The van der Waals surface area contributed by atoms with E-state index in [1.165, 1.54) is 0 Å². The van der Waals surface area contributed by atoms with Gasteiger partial charge in [0.1, 0.15) is 5.52 Å². The summed E-state index contributed by atoms with van der Waals surface area (Å²) in [4.78, 5) is 31.5. The van der Waals surface area contributed by atoms with Crippen LogP contribution in [0.25, 0.3) is 11.1 Å². The van der Waals surface area contributed by atoms with Gasteiger partial charge in [-0.15, -0.1) is 0 Å². The summed E-state index contributed by atoms with van der Waals surface area (Å²) in [5.74, 6) is 0.170. The van der Waals surface area contributed by atoms with Crippen LogP contribution >= 0.6 is 11.6 Å². The minimum Gasteiger partial charge on any atom is -0.441 e. The molecule has 7 heteroatoms. The zero-order valence-electron chi connectivity index (χ0n) is 15.4. The van der Waals surface area contributed by atoms with Crippen molar-refractivity contribution in [1.29, 1.82) is 0 Å². The number of hydrogen-bond acceptors (Lipinski definition) is 4. The van der Waals surface area contributed by atoms with E-state index in [4.69, 9.17) is 16.0 Å². The number of carbonyl (C=O) groups excluding carboxylic acids is 2. The molecule has 1 fully saturated rings. The first-order valence-corrected chi connectivity index (χ1v) is 9.60. The van der Waals surface area contributed by atoms with E-state index in [9.17, 15) is 9.59 Å². The molecule has 144 valence electrons. The van der Waals surface area contributed by atoms with Gasteiger partial charge in [0.15, 0.2) is 11.5 Å². The van der Waals surface area contributed by atoms with Gasteiger partial charge in [0.2, 0.25) is 5.91 Å². The second-order valence-electron chi connectivity index (χ2n) is 7.00. The second-order valence-corrected chi connectivity index (χ2v) is 7.44. The number of hydrogen-bond donors (Lipinski definition) is 1. The van der Waals surface area contributed by atoms with Gasteiger partial charge in [-0.25, -0.2) is 4.98 Å². The van der Waals surface area contributed by atoms with Gasteiger partial charge >= 0.3 is 0 Å². The Morgan fingerprint density at radius 1 is 1.21 bits per heavy atom. The summed E-state index contributed by atoms with van der Waals surface area (Å²) in [6.45, 7) is 2.83. The number of oxazole rings is 1. The van der Waals surface area contributed by atoms with Crippen LogP contribution in [0, 0.1) is 12.8 Å². The first-order valence-electron chi connectivity index (χ1n) is 9.22. The van der Waals surface area contributed by atoms with Gasteiger partial charge in [0, 0.05) is 36.3 Å². The lowest BCUT2D eigenvalue weighted by Crippen LogP contribution is -2.43. The Balaban J connectivity index is 1.43. The van der Waals surface area contributed by atoms with Crippen molar-refractivity contribution in [2.45, 2.75) is 19.8 Å². The highest BCUT2D eigenvalue weighted by Crippen LogP contribution is 2.23. The maximum Gasteiger partial charge on any atom is 0.253 e. The van der Waals surface area contributed by atoms with E-state index < -0.39 is 0 Å². The van der Waals surface area contributed by atoms with E-state index in [0.29, 0.717) is 46.4 Å². The fraction of sp³-hybridized carbons (Fsp3) is 0.286. The zero-order chi connectivity index (χ0) is 19.7. The summed E-state index contributed by atoms with van der Waals surface area (Å²) < 4.78 is 5.46. The Morgan fingerprint density at radius 2 is 2.00 bits per heavy atom. The third-order valence-corrected chi connectivity index (χ3v) is 5.18. The number of nitrogens with zero attached hydrogens (tertiary/aromatic N) is 2. The van der Waals surface area contributed by atoms with Gasteiger partial charge in [0.05, 0.1) is 5.92 Å². The fourth-order valence-electron chi connectivity index (χ4n) is 3.52. The molecule has 1 unspecified atom stereocenters. The molecular weight excluding hydrogens is 378 g/mol. The summed E-state index contributed by atoms with van der Waals surface area (Å²) in [6, 6.07) is 12.2. The summed E-state index contributed by atoms with van der Waals surface area (Å²) in [7, 11) is 0. The average molecular weight is 398 g/mol. The van der Waals surface area contributed by atoms with Crippen LogP contribution in [0.15, 0.2) is 46.9 Å². The highest BCUT2D eigenvalue weighted by molar-refractivity contribution is 6.30. The summed E-state index contributed by atoms with van der Waals surface area (Å²) in [5, 5.41) is 3.53. The second kappa shape index (κ2) is 7.64. The predicted octanol–water partition coefficient (Wildman–Crippen LogP) is 4.28. The molecule has 0 bridgehead atoms. The molecule has 1 aliphatic rings. The van der Waals surface area contributed by atoms with E-state index >= 15 is 0 Å². The molecule has 28 heavy (non-hydrogen) atoms. The molecule has 2 amide bonds. The summed E-state index contributed by atoms with van der Waals surface area (Å²) in [6.07, 6.45) is 1.54. The molecule has 1 atom stereocenters. The highest BCUT2D eigenvalue weighted by Gasteiger charge is 2.29. The fourth-order valence-corrected chi connectivity index (χ4v) is 3.64. The molecule has 1 aliphatic heterocycles. The van der Waals surface area contributed by atoms with Crippen molar-refractivity contribution in [2.24, 2.45) is 5.92 Å². The first kappa shape index (κ1) is 18.5. The van der Waals surface area contributed by atoms with Crippen molar-refractivity contribution in [3.05, 3.63) is 58.9 Å². The van der Waals surface area contributed by atoms with Gasteiger partial charge in [-0.3, -0.25) is 9.59 Å². The molecule has 1 aromatic heterocycles. The van der Waals surface area contributed by atoms with Gasteiger partial charge < -0.3 is 14.6 Å². The minimum absolute atomic E-state index is 0.0753. The van der Waals surface area contributed by atoms with E-state index in [1.807, 2.05) is 0 Å². The number of aryl methyl sites for hydroxylation is 1. The number of halogens is 1. The van der Waals surface area contributed by atoms with Crippen molar-refractivity contribution in [3.63, 3.8) is 0 Å². The van der Waals surface area contributed by atoms with Crippen molar-refractivity contribution < 1.29 is 14.0 Å². The van der Waals surface area contributed by atoms with E-state index in [0.717, 1.165) is 12.8 Å². The number of aromatic nitrogens is 1. The molecule has 0 spiro atoms. The smallest absolute Gasteiger partial charge is 0.253 e. The Bertz CT molecular complexity index is 1030. The largest absolute Gasteiger partial charge is 0.441 e. The Morgan fingerprint density at radius 3 is 2.79 bits per heavy atom. The lowest BCUT2D eigenvalue weighted by atomic mass is 9.96. The predicted molar refractivity (Wildman–Crippen MR) is 107 cm³/mol. The standard InChI is InChI=1S/C21H20ClN3O3/c1-13-23-18-11-17(8-9-19(18)28-13)24-20(26)15-3-2-10-25(12-15)21(27)14-4-6-16(22)7-5-14/h4-9,11,15H,2-3,10,12H2,1H3,(H,24,26). The van der Waals surface area contributed by atoms with Gasteiger partial charge in [-0.05, 0) is 55.3 Å². The maximum absolute atomic E-state index is 12.7. The summed E-state index contributed by atoms with van der Waals surface area (Å²) in [5.41, 5.74) is 2.65. The Kier molecular flexibility index (Phi) is 5.05. The van der Waals surface area contributed by atoms with Crippen molar-refractivity contribution in [2.75, 3.05) is 18.4 Å². The number of likely N-dealkylation sites (tertiary alicyclic amines) is 1. The first-order chi connectivity index (χ1) is 13.5. The average Bonchev–Trinajstić information content (AvgIpc) is 3.07. The van der Waals surface area contributed by atoms with Crippen molar-refractivity contribution >= 4 is 40.2 Å². The van der Waals surface area contributed by atoms with E-state index in [1.54, 1.807) is 54.3 Å². The van der Waals surface area contributed by atoms with Crippen molar-refractivity contribution in [1.82, 2.24) is 9.88 Å². The van der Waals surface area contributed by atoms with E-state index in [2.05, 4.69) is 10.3 Å². The molecule has 3 aromatic rings. The number of fused-ring (bicyclic) bond motifs is 1. The molecule has 6 nitrogen and oxygen atoms in total. The SMILES string of the molecule is Cc1nc2cc(NC(=O)C3CCCN(C(=O)c4ccc(Cl)cc4)C3)ccc2o1. The molecule has 1 saturated heterocycles. The molecule has 2 heterocycles. The Labute approximate surface area is 167 Å². The third-order valence-electron chi connectivity index (χ3n) is 4.93. The third kappa shape index (κ3) is 3.87. The van der Waals surface area contributed by atoms with Crippen LogP contribution in [0.1, 0.15) is 29.1 Å². The van der Waals surface area contributed by atoms with Crippen molar-refractivity contribution in [3.8, 4) is 0 Å². The number of carbonyl (C=O) groups is 2. The number of amides is 2. The van der Waals surface area contributed by atoms with Crippen LogP contribution in [-0.2, 0) is 4.79 Å². The lowest BCUT2D eigenvalue weighted by Gasteiger charge is -2.32. The highest BCUT2D eigenvalue weighted by atomic mass is 35.5. The number of nitrogens with one attached hydrogen (secondary N) is 1. The van der Waals surface area contributed by atoms with Crippen LogP contribution in [-0.4, -0.2) is 34.8 Å². The molecule has 4 rings (SSSR count). The molecule has 0 saturated carbocycles. The lowest BCUT2D eigenvalue weighted by molar-refractivity contribution is -0.121. The van der Waals surface area contributed by atoms with Crippen LogP contribution in [0.2, 0.25) is 5.02 Å². The minimum atomic E-state index is -0.250. The van der Waals surface area contributed by atoms with E-state index in [-0.39, 0.29) is 17.7 Å². The molecule has 0 aliphatic carbocycles. The molecule has 0 radical (unpaired) electrons. The van der Waals surface area contributed by atoms with Gasteiger partial charge in [-0.2, -0.15) is 0 Å². The monoisotopic (exact) mass is 397 g/mol. The number of benzene rings is 2.